The van der Waals surface area contributed by atoms with E-state index in [-0.39, 0.29) is 12.4 Å². The van der Waals surface area contributed by atoms with E-state index in [4.69, 9.17) is 4.74 Å². The molecule has 0 aliphatic rings. The number of carbonyl (C=O) groups excluding carboxylic acids is 1. The lowest BCUT2D eigenvalue weighted by atomic mass is 10.4. The standard InChI is InChI=1S/C8H13N3O3/c1-13-4-3-11-6-9-10-7(11)5-8(12)14-2/h6H,3-5H2,1-2H3. The van der Waals surface area contributed by atoms with E-state index in [1.54, 1.807) is 18.0 Å². The number of esters is 1. The van der Waals surface area contributed by atoms with Crippen molar-refractivity contribution in [2.24, 2.45) is 0 Å². The quantitative estimate of drug-likeness (QED) is 0.606. The molecule has 0 aromatic carbocycles. The highest BCUT2D eigenvalue weighted by Gasteiger charge is 2.09. The number of aromatic nitrogens is 3. The molecule has 0 amide bonds. The first-order valence-corrected chi connectivity index (χ1v) is 4.20. The summed E-state index contributed by atoms with van der Waals surface area (Å²) in [5.74, 6) is 0.269. The van der Waals surface area contributed by atoms with E-state index in [1.165, 1.54) is 7.11 Å². The zero-order valence-corrected chi connectivity index (χ0v) is 8.27. The fourth-order valence-electron chi connectivity index (χ4n) is 0.993. The third-order valence-electron chi connectivity index (χ3n) is 1.76. The Morgan fingerprint density at radius 1 is 1.57 bits per heavy atom. The van der Waals surface area contributed by atoms with E-state index in [2.05, 4.69) is 14.9 Å². The lowest BCUT2D eigenvalue weighted by molar-refractivity contribution is -0.140. The second-order valence-electron chi connectivity index (χ2n) is 2.69. The minimum atomic E-state index is -0.323. The summed E-state index contributed by atoms with van der Waals surface area (Å²) >= 11 is 0. The van der Waals surface area contributed by atoms with Gasteiger partial charge in [-0.1, -0.05) is 0 Å². The smallest absolute Gasteiger partial charge is 0.313 e. The summed E-state index contributed by atoms with van der Waals surface area (Å²) in [6.07, 6.45) is 1.71. The number of hydrogen-bond acceptors (Lipinski definition) is 5. The van der Waals surface area contributed by atoms with Crippen LogP contribution in [0.3, 0.4) is 0 Å². The van der Waals surface area contributed by atoms with Gasteiger partial charge in [0.2, 0.25) is 0 Å². The van der Waals surface area contributed by atoms with Crippen molar-refractivity contribution >= 4 is 5.97 Å². The van der Waals surface area contributed by atoms with Gasteiger partial charge in [-0.2, -0.15) is 0 Å². The summed E-state index contributed by atoms with van der Waals surface area (Å²) in [7, 11) is 2.96. The molecule has 0 aliphatic heterocycles. The Morgan fingerprint density at radius 3 is 3.00 bits per heavy atom. The predicted octanol–water partition coefficient (Wildman–Crippen LogP) is -0.360. The molecule has 0 radical (unpaired) electrons. The van der Waals surface area contributed by atoms with Crippen molar-refractivity contribution in [3.05, 3.63) is 12.2 Å². The molecule has 0 aliphatic carbocycles. The molecule has 0 unspecified atom stereocenters. The number of hydrogen-bond donors (Lipinski definition) is 0. The Kier molecular flexibility index (Phi) is 4.06. The molecule has 0 bridgehead atoms. The van der Waals surface area contributed by atoms with E-state index >= 15 is 0 Å². The van der Waals surface area contributed by atoms with Gasteiger partial charge in [0.05, 0.1) is 13.7 Å². The normalized spacial score (nSPS) is 10.1. The molecule has 1 aromatic heterocycles. The first-order chi connectivity index (χ1) is 6.77. The zero-order valence-electron chi connectivity index (χ0n) is 8.27. The number of methoxy groups -OCH3 is 2. The third kappa shape index (κ3) is 2.81. The molecule has 0 saturated carbocycles. The van der Waals surface area contributed by atoms with Crippen LogP contribution in [-0.4, -0.2) is 41.6 Å². The number of carbonyl (C=O) groups is 1. The van der Waals surface area contributed by atoms with Crippen molar-refractivity contribution < 1.29 is 14.3 Å². The summed E-state index contributed by atoms with van der Waals surface area (Å²) in [6, 6.07) is 0. The van der Waals surface area contributed by atoms with E-state index in [9.17, 15) is 4.79 Å². The van der Waals surface area contributed by atoms with Gasteiger partial charge in [-0.3, -0.25) is 4.79 Å². The Hall–Kier alpha value is -1.43. The van der Waals surface area contributed by atoms with Gasteiger partial charge in [0.15, 0.2) is 0 Å². The topological polar surface area (TPSA) is 66.2 Å². The first-order valence-electron chi connectivity index (χ1n) is 4.20. The van der Waals surface area contributed by atoms with E-state index in [1.807, 2.05) is 0 Å². The first kappa shape index (κ1) is 10.6. The van der Waals surface area contributed by atoms with Crippen molar-refractivity contribution in [2.75, 3.05) is 20.8 Å². The van der Waals surface area contributed by atoms with Crippen LogP contribution >= 0.6 is 0 Å². The van der Waals surface area contributed by atoms with Crippen LogP contribution in [-0.2, 0) is 27.2 Å². The highest BCUT2D eigenvalue weighted by molar-refractivity contribution is 5.71. The van der Waals surface area contributed by atoms with Crippen LogP contribution in [0.1, 0.15) is 5.82 Å². The summed E-state index contributed by atoms with van der Waals surface area (Å²) < 4.78 is 11.2. The SMILES string of the molecule is COCCn1cnnc1CC(=O)OC. The average Bonchev–Trinajstić information content (AvgIpc) is 2.62. The van der Waals surface area contributed by atoms with Gasteiger partial charge in [0, 0.05) is 13.7 Å². The van der Waals surface area contributed by atoms with Crippen molar-refractivity contribution in [1.82, 2.24) is 14.8 Å². The van der Waals surface area contributed by atoms with Crippen LogP contribution < -0.4 is 0 Å². The van der Waals surface area contributed by atoms with Crippen molar-refractivity contribution in [2.45, 2.75) is 13.0 Å². The summed E-state index contributed by atoms with van der Waals surface area (Å²) in [5.41, 5.74) is 0. The zero-order chi connectivity index (χ0) is 10.4. The van der Waals surface area contributed by atoms with E-state index < -0.39 is 0 Å². The highest BCUT2D eigenvalue weighted by atomic mass is 16.5. The molecule has 0 saturated heterocycles. The monoisotopic (exact) mass is 199 g/mol. The number of nitrogens with zero attached hydrogens (tertiary/aromatic N) is 3. The predicted molar refractivity (Wildman–Crippen MR) is 47.6 cm³/mol. The molecular weight excluding hydrogens is 186 g/mol. The van der Waals surface area contributed by atoms with Crippen molar-refractivity contribution in [3.63, 3.8) is 0 Å². The van der Waals surface area contributed by atoms with E-state index in [0.717, 1.165) is 0 Å². The van der Waals surface area contributed by atoms with Crippen LogP contribution in [0, 0.1) is 0 Å². The fraction of sp³-hybridized carbons (Fsp3) is 0.625. The number of rotatable bonds is 5. The fourth-order valence-corrected chi connectivity index (χ4v) is 0.993. The van der Waals surface area contributed by atoms with Gasteiger partial charge < -0.3 is 14.0 Å². The average molecular weight is 199 g/mol. The summed E-state index contributed by atoms with van der Waals surface area (Å²) in [4.78, 5) is 11.0. The molecule has 6 heteroatoms. The molecule has 0 fully saturated rings. The maximum absolute atomic E-state index is 11.0. The van der Waals surface area contributed by atoms with Gasteiger partial charge in [0.25, 0.3) is 0 Å². The molecule has 14 heavy (non-hydrogen) atoms. The molecule has 0 N–H and O–H groups in total. The Morgan fingerprint density at radius 2 is 2.36 bits per heavy atom. The highest BCUT2D eigenvalue weighted by Crippen LogP contribution is 1.97. The molecule has 1 aromatic rings. The minimum absolute atomic E-state index is 0.139. The van der Waals surface area contributed by atoms with Crippen LogP contribution in [0.4, 0.5) is 0 Å². The van der Waals surface area contributed by atoms with Crippen molar-refractivity contribution in [3.8, 4) is 0 Å². The molecule has 78 valence electrons. The molecular formula is C8H13N3O3. The van der Waals surface area contributed by atoms with Gasteiger partial charge in [0.1, 0.15) is 18.6 Å². The second-order valence-corrected chi connectivity index (χ2v) is 2.69. The molecule has 6 nitrogen and oxygen atoms in total. The van der Waals surface area contributed by atoms with Crippen LogP contribution in [0.15, 0.2) is 6.33 Å². The van der Waals surface area contributed by atoms with Crippen LogP contribution in [0.25, 0.3) is 0 Å². The van der Waals surface area contributed by atoms with Crippen LogP contribution in [0.5, 0.6) is 0 Å². The molecule has 1 rings (SSSR count). The van der Waals surface area contributed by atoms with Crippen molar-refractivity contribution in [1.29, 1.82) is 0 Å². The Balaban J connectivity index is 2.57. The van der Waals surface area contributed by atoms with Gasteiger partial charge in [-0.15, -0.1) is 10.2 Å². The van der Waals surface area contributed by atoms with E-state index in [0.29, 0.717) is 19.0 Å². The Labute approximate surface area is 81.8 Å². The lowest BCUT2D eigenvalue weighted by Gasteiger charge is -2.04. The Bertz CT molecular complexity index is 298. The third-order valence-corrected chi connectivity index (χ3v) is 1.76. The lowest BCUT2D eigenvalue weighted by Crippen LogP contribution is -2.13. The summed E-state index contributed by atoms with van der Waals surface area (Å²) in [5, 5.41) is 7.53. The maximum Gasteiger partial charge on any atom is 0.313 e. The molecule has 0 spiro atoms. The van der Waals surface area contributed by atoms with Gasteiger partial charge in [-0.05, 0) is 0 Å². The van der Waals surface area contributed by atoms with Gasteiger partial charge >= 0.3 is 5.97 Å². The number of ether oxygens (including phenoxy) is 2. The van der Waals surface area contributed by atoms with Crippen LogP contribution in [0.2, 0.25) is 0 Å². The minimum Gasteiger partial charge on any atom is -0.469 e. The molecule has 1 heterocycles. The second kappa shape index (κ2) is 5.33. The van der Waals surface area contributed by atoms with Gasteiger partial charge in [-0.25, -0.2) is 0 Å². The largest absolute Gasteiger partial charge is 0.469 e. The summed E-state index contributed by atoms with van der Waals surface area (Å²) in [6.45, 7) is 1.20. The maximum atomic E-state index is 11.0. The molecule has 0 atom stereocenters.